The molecule has 186 valence electrons. The second-order valence-electron chi connectivity index (χ2n) is 8.53. The molecule has 0 bridgehead atoms. The molecule has 0 unspecified atom stereocenters. The average molecular weight is 488 g/mol. The number of hydrogen-bond donors (Lipinski definition) is 2. The van der Waals surface area contributed by atoms with Crippen molar-refractivity contribution >= 4 is 17.6 Å². The van der Waals surface area contributed by atoms with Crippen LogP contribution in [-0.2, 0) is 6.18 Å². The molecule has 1 aliphatic rings. The first kappa shape index (κ1) is 24.7. The first-order valence-corrected chi connectivity index (χ1v) is 11.8. The van der Waals surface area contributed by atoms with Crippen LogP contribution in [0.5, 0.6) is 0 Å². The fourth-order valence-electron chi connectivity index (χ4n) is 4.08. The Bertz CT molecular complexity index is 1110. The monoisotopic (exact) mass is 487 g/mol. The SMILES string of the molecule is O=C(Nc1ccc(-c2nnc(NCCCCN3CCCCC3)o2)c(C(F)(F)F)c1)c1ccccc1. The molecule has 0 aliphatic carbocycles. The van der Waals surface area contributed by atoms with Crippen LogP contribution >= 0.6 is 0 Å². The van der Waals surface area contributed by atoms with Crippen molar-refractivity contribution in [2.75, 3.05) is 36.8 Å². The number of amides is 1. The van der Waals surface area contributed by atoms with Crippen LogP contribution in [0.4, 0.5) is 24.9 Å². The summed E-state index contributed by atoms with van der Waals surface area (Å²) in [5.41, 5.74) is -0.865. The Morgan fingerprint density at radius 2 is 1.77 bits per heavy atom. The first-order chi connectivity index (χ1) is 16.9. The smallest absolute Gasteiger partial charge is 0.403 e. The lowest BCUT2D eigenvalue weighted by atomic mass is 10.1. The third-order valence-corrected chi connectivity index (χ3v) is 5.90. The molecule has 2 aromatic carbocycles. The van der Waals surface area contributed by atoms with E-state index in [1.165, 1.54) is 31.4 Å². The van der Waals surface area contributed by atoms with E-state index < -0.39 is 17.6 Å². The van der Waals surface area contributed by atoms with Crippen LogP contribution in [-0.4, -0.2) is 47.2 Å². The molecule has 2 heterocycles. The molecule has 0 radical (unpaired) electrons. The van der Waals surface area contributed by atoms with Crippen molar-refractivity contribution in [2.24, 2.45) is 0 Å². The molecule has 35 heavy (non-hydrogen) atoms. The number of unbranched alkanes of at least 4 members (excludes halogenated alkanes) is 1. The number of piperidine rings is 1. The number of carbonyl (C=O) groups is 1. The van der Waals surface area contributed by atoms with Crippen molar-refractivity contribution in [1.82, 2.24) is 15.1 Å². The highest BCUT2D eigenvalue weighted by Gasteiger charge is 2.35. The summed E-state index contributed by atoms with van der Waals surface area (Å²) in [5, 5.41) is 13.1. The molecule has 7 nitrogen and oxygen atoms in total. The minimum Gasteiger partial charge on any atom is -0.403 e. The number of rotatable bonds is 9. The van der Waals surface area contributed by atoms with Gasteiger partial charge in [0.15, 0.2) is 0 Å². The molecular formula is C25H28F3N5O2. The third kappa shape index (κ3) is 6.82. The van der Waals surface area contributed by atoms with Crippen LogP contribution in [0.25, 0.3) is 11.5 Å². The zero-order valence-corrected chi connectivity index (χ0v) is 19.3. The topological polar surface area (TPSA) is 83.3 Å². The lowest BCUT2D eigenvalue weighted by Crippen LogP contribution is -2.30. The Labute approximate surface area is 201 Å². The van der Waals surface area contributed by atoms with Gasteiger partial charge in [0.25, 0.3) is 5.91 Å². The van der Waals surface area contributed by atoms with Crippen LogP contribution in [0.1, 0.15) is 48.0 Å². The number of nitrogens with zero attached hydrogens (tertiary/aromatic N) is 3. The number of aromatic nitrogens is 2. The standard InChI is InChI=1S/C25H28F3N5O2/c26-25(27,28)21-17-19(30-22(34)18-9-3-1-4-10-18)11-12-20(21)23-31-32-24(35-23)29-13-5-8-16-33-14-6-2-7-15-33/h1,3-4,9-12,17H,2,5-8,13-16H2,(H,29,32)(H,30,34). The van der Waals surface area contributed by atoms with Crippen LogP contribution < -0.4 is 10.6 Å². The van der Waals surface area contributed by atoms with E-state index in [4.69, 9.17) is 4.42 Å². The molecule has 1 fully saturated rings. The highest BCUT2D eigenvalue weighted by molar-refractivity contribution is 6.04. The number of alkyl halides is 3. The predicted molar refractivity (Wildman–Crippen MR) is 127 cm³/mol. The van der Waals surface area contributed by atoms with E-state index in [9.17, 15) is 18.0 Å². The molecule has 3 aromatic rings. The fourth-order valence-corrected chi connectivity index (χ4v) is 4.08. The summed E-state index contributed by atoms with van der Waals surface area (Å²) < 4.78 is 46.9. The second-order valence-corrected chi connectivity index (χ2v) is 8.53. The first-order valence-electron chi connectivity index (χ1n) is 11.8. The summed E-state index contributed by atoms with van der Waals surface area (Å²) >= 11 is 0. The number of carbonyl (C=O) groups excluding carboxylic acids is 1. The number of likely N-dealkylation sites (tertiary alicyclic amines) is 1. The molecule has 10 heteroatoms. The van der Waals surface area contributed by atoms with Crippen molar-refractivity contribution in [3.63, 3.8) is 0 Å². The Kier molecular flexibility index (Phi) is 8.02. The van der Waals surface area contributed by atoms with Crippen molar-refractivity contribution in [3.8, 4) is 11.5 Å². The van der Waals surface area contributed by atoms with Gasteiger partial charge in [-0.1, -0.05) is 29.7 Å². The molecule has 1 aromatic heterocycles. The minimum atomic E-state index is -4.68. The molecule has 0 atom stereocenters. The molecule has 4 rings (SSSR count). The second kappa shape index (κ2) is 11.4. The van der Waals surface area contributed by atoms with E-state index in [1.807, 2.05) is 0 Å². The van der Waals surface area contributed by atoms with Gasteiger partial charge in [-0.25, -0.2) is 0 Å². The summed E-state index contributed by atoms with van der Waals surface area (Å²) in [4.78, 5) is 14.8. The van der Waals surface area contributed by atoms with Gasteiger partial charge in [0.2, 0.25) is 5.89 Å². The van der Waals surface area contributed by atoms with Gasteiger partial charge in [0.05, 0.1) is 11.1 Å². The maximum atomic E-state index is 13.8. The number of hydrogen-bond acceptors (Lipinski definition) is 6. The lowest BCUT2D eigenvalue weighted by Gasteiger charge is -2.26. The van der Waals surface area contributed by atoms with Gasteiger partial charge < -0.3 is 20.0 Å². The predicted octanol–water partition coefficient (Wildman–Crippen LogP) is 5.69. The third-order valence-electron chi connectivity index (χ3n) is 5.90. The molecule has 2 N–H and O–H groups in total. The normalized spacial score (nSPS) is 14.6. The quantitative estimate of drug-likeness (QED) is 0.378. The zero-order chi connectivity index (χ0) is 24.7. The summed E-state index contributed by atoms with van der Waals surface area (Å²) in [7, 11) is 0. The molecule has 0 spiro atoms. The van der Waals surface area contributed by atoms with Gasteiger partial charge in [-0.15, -0.1) is 5.10 Å². The maximum absolute atomic E-state index is 13.8. The fraction of sp³-hybridized carbons (Fsp3) is 0.400. The van der Waals surface area contributed by atoms with Crippen LogP contribution in [0.3, 0.4) is 0 Å². The Balaban J connectivity index is 1.38. The maximum Gasteiger partial charge on any atom is 0.417 e. The van der Waals surface area contributed by atoms with Crippen LogP contribution in [0, 0.1) is 0 Å². The summed E-state index contributed by atoms with van der Waals surface area (Å²) in [6.45, 7) is 3.93. The van der Waals surface area contributed by atoms with Crippen LogP contribution in [0.15, 0.2) is 52.9 Å². The zero-order valence-electron chi connectivity index (χ0n) is 19.3. The van der Waals surface area contributed by atoms with Crippen molar-refractivity contribution < 1.29 is 22.4 Å². The average Bonchev–Trinajstić information content (AvgIpc) is 3.33. The summed E-state index contributed by atoms with van der Waals surface area (Å²) in [5.74, 6) is -0.745. The van der Waals surface area contributed by atoms with Gasteiger partial charge in [-0.05, 0) is 75.6 Å². The number of halogens is 3. The molecule has 1 aliphatic heterocycles. The van der Waals surface area contributed by atoms with Gasteiger partial charge in [0.1, 0.15) is 0 Å². The largest absolute Gasteiger partial charge is 0.417 e. The van der Waals surface area contributed by atoms with Crippen molar-refractivity contribution in [3.05, 3.63) is 59.7 Å². The number of nitrogens with one attached hydrogen (secondary N) is 2. The Hall–Kier alpha value is -3.40. The Morgan fingerprint density at radius 3 is 2.51 bits per heavy atom. The molecule has 1 saturated heterocycles. The summed E-state index contributed by atoms with van der Waals surface area (Å²) in [6.07, 6.45) is 1.03. The van der Waals surface area contributed by atoms with E-state index in [0.29, 0.717) is 12.1 Å². The van der Waals surface area contributed by atoms with Crippen molar-refractivity contribution in [2.45, 2.75) is 38.3 Å². The van der Waals surface area contributed by atoms with E-state index in [-0.39, 0.29) is 23.2 Å². The van der Waals surface area contributed by atoms with Crippen LogP contribution in [0.2, 0.25) is 0 Å². The molecular weight excluding hydrogens is 459 g/mol. The van der Waals surface area contributed by atoms with E-state index >= 15 is 0 Å². The van der Waals surface area contributed by atoms with E-state index in [2.05, 4.69) is 25.7 Å². The Morgan fingerprint density at radius 1 is 1.00 bits per heavy atom. The van der Waals surface area contributed by atoms with E-state index in [0.717, 1.165) is 38.5 Å². The van der Waals surface area contributed by atoms with E-state index in [1.54, 1.807) is 30.3 Å². The number of benzene rings is 2. The van der Waals surface area contributed by atoms with Gasteiger partial charge in [-0.2, -0.15) is 13.2 Å². The van der Waals surface area contributed by atoms with Gasteiger partial charge >= 0.3 is 12.2 Å². The van der Waals surface area contributed by atoms with Crippen molar-refractivity contribution in [1.29, 1.82) is 0 Å². The highest BCUT2D eigenvalue weighted by atomic mass is 19.4. The highest BCUT2D eigenvalue weighted by Crippen LogP contribution is 2.38. The number of anilines is 2. The molecule has 0 saturated carbocycles. The lowest BCUT2D eigenvalue weighted by molar-refractivity contribution is -0.137. The molecule has 1 amide bonds. The minimum absolute atomic E-state index is 0.0153. The summed E-state index contributed by atoms with van der Waals surface area (Å²) in [6, 6.07) is 11.8. The van der Waals surface area contributed by atoms with Gasteiger partial charge in [0, 0.05) is 17.8 Å². The van der Waals surface area contributed by atoms with Gasteiger partial charge in [-0.3, -0.25) is 4.79 Å².